The first-order valence-corrected chi connectivity index (χ1v) is 8.53. The number of nitrogens with zero attached hydrogens (tertiary/aromatic N) is 1. The van der Waals surface area contributed by atoms with Gasteiger partial charge in [-0.25, -0.2) is 13.2 Å². The molecule has 0 spiro atoms. The van der Waals surface area contributed by atoms with E-state index in [1.54, 1.807) is 0 Å². The smallest absolute Gasteiger partial charge is 0.340 e. The maximum Gasteiger partial charge on any atom is 0.340 e. The summed E-state index contributed by atoms with van der Waals surface area (Å²) < 4.78 is 47.6. The Morgan fingerprint density at radius 1 is 1.12 bits per heavy atom. The minimum Gasteiger partial charge on any atom is -0.493 e. The molecule has 0 aliphatic rings. The van der Waals surface area contributed by atoms with Crippen molar-refractivity contribution < 1.29 is 31.9 Å². The van der Waals surface area contributed by atoms with E-state index in [4.69, 9.17) is 18.7 Å². The lowest BCUT2D eigenvalue weighted by atomic mass is 10.1. The maximum absolute atomic E-state index is 12.7. The van der Waals surface area contributed by atoms with Gasteiger partial charge in [-0.3, -0.25) is 4.72 Å². The molecule has 0 aliphatic carbocycles. The molecule has 0 fully saturated rings. The summed E-state index contributed by atoms with van der Waals surface area (Å²) in [4.78, 5) is 11.9. The van der Waals surface area contributed by atoms with Crippen molar-refractivity contribution in [3.63, 3.8) is 0 Å². The molecular weight excluding hydrogens is 352 g/mol. The number of sulfonamides is 1. The van der Waals surface area contributed by atoms with Crippen molar-refractivity contribution in [1.29, 1.82) is 0 Å². The zero-order valence-corrected chi connectivity index (χ0v) is 15.2. The first-order valence-electron chi connectivity index (χ1n) is 7.05. The van der Waals surface area contributed by atoms with E-state index in [1.807, 2.05) is 0 Å². The zero-order chi connectivity index (χ0) is 18.8. The van der Waals surface area contributed by atoms with E-state index < -0.39 is 16.0 Å². The van der Waals surface area contributed by atoms with Gasteiger partial charge in [0.05, 0.1) is 32.6 Å². The summed E-state index contributed by atoms with van der Waals surface area (Å²) >= 11 is 0. The van der Waals surface area contributed by atoms with Gasteiger partial charge in [-0.1, -0.05) is 5.16 Å². The van der Waals surface area contributed by atoms with E-state index in [0.717, 1.165) is 0 Å². The molecule has 10 heteroatoms. The van der Waals surface area contributed by atoms with Crippen LogP contribution in [-0.4, -0.2) is 40.9 Å². The molecule has 0 amide bonds. The minimum absolute atomic E-state index is 0.0236. The molecule has 0 unspecified atom stereocenters. The Kier molecular flexibility index (Phi) is 5.21. The quantitative estimate of drug-likeness (QED) is 0.766. The van der Waals surface area contributed by atoms with Crippen LogP contribution in [0.3, 0.4) is 0 Å². The third kappa shape index (κ3) is 3.53. The van der Waals surface area contributed by atoms with Gasteiger partial charge in [-0.2, -0.15) is 0 Å². The van der Waals surface area contributed by atoms with E-state index in [2.05, 4.69) is 9.88 Å². The number of esters is 1. The lowest BCUT2D eigenvalue weighted by molar-refractivity contribution is 0.0601. The Labute approximate surface area is 144 Å². The van der Waals surface area contributed by atoms with Gasteiger partial charge in [-0.15, -0.1) is 0 Å². The Bertz CT molecular complexity index is 883. The molecule has 0 aliphatic heterocycles. The molecular formula is C15H18N2O7S. The van der Waals surface area contributed by atoms with Gasteiger partial charge in [0.1, 0.15) is 5.69 Å². The van der Waals surface area contributed by atoms with Crippen molar-refractivity contribution in [2.75, 3.05) is 26.1 Å². The average Bonchev–Trinajstić information content (AvgIpc) is 2.92. The molecule has 1 heterocycles. The summed E-state index contributed by atoms with van der Waals surface area (Å²) in [5.74, 6) is -0.114. The largest absolute Gasteiger partial charge is 0.493 e. The Balaban J connectivity index is 2.59. The fourth-order valence-corrected chi connectivity index (χ4v) is 3.70. The number of carbonyl (C=O) groups excluding carboxylic acids is 1. The summed E-state index contributed by atoms with van der Waals surface area (Å²) in [6, 6.07) is 2.66. The Hall–Kier alpha value is -2.75. The highest BCUT2D eigenvalue weighted by molar-refractivity contribution is 7.92. The van der Waals surface area contributed by atoms with Crippen LogP contribution in [0.4, 0.5) is 5.69 Å². The van der Waals surface area contributed by atoms with Gasteiger partial charge in [0, 0.05) is 12.1 Å². The Morgan fingerprint density at radius 3 is 2.20 bits per heavy atom. The minimum atomic E-state index is -4.05. The molecule has 2 rings (SSSR count). The summed E-state index contributed by atoms with van der Waals surface area (Å²) in [5, 5.41) is 3.63. The summed E-state index contributed by atoms with van der Waals surface area (Å²) in [6.07, 6.45) is 0. The van der Waals surface area contributed by atoms with Gasteiger partial charge in [0.15, 0.2) is 22.2 Å². The van der Waals surface area contributed by atoms with Crippen LogP contribution in [0.25, 0.3) is 0 Å². The average molecular weight is 370 g/mol. The monoisotopic (exact) mass is 370 g/mol. The zero-order valence-electron chi connectivity index (χ0n) is 14.4. The fraction of sp³-hybridized carbons (Fsp3) is 0.333. The molecule has 2 aromatic rings. The van der Waals surface area contributed by atoms with Crippen molar-refractivity contribution in [3.8, 4) is 11.5 Å². The predicted molar refractivity (Wildman–Crippen MR) is 87.7 cm³/mol. The van der Waals surface area contributed by atoms with E-state index in [0.29, 0.717) is 0 Å². The number of aromatic nitrogens is 1. The second kappa shape index (κ2) is 7.01. The van der Waals surface area contributed by atoms with Crippen molar-refractivity contribution >= 4 is 21.7 Å². The first-order chi connectivity index (χ1) is 11.7. The number of anilines is 1. The van der Waals surface area contributed by atoms with Gasteiger partial charge in [0.25, 0.3) is 10.0 Å². The van der Waals surface area contributed by atoms with Crippen LogP contribution in [0.2, 0.25) is 0 Å². The lowest BCUT2D eigenvalue weighted by Crippen LogP contribution is -2.17. The second-order valence-corrected chi connectivity index (χ2v) is 6.62. The second-order valence-electron chi connectivity index (χ2n) is 5.00. The molecule has 0 saturated heterocycles. The van der Waals surface area contributed by atoms with Crippen LogP contribution >= 0.6 is 0 Å². The van der Waals surface area contributed by atoms with Crippen molar-refractivity contribution in [3.05, 3.63) is 29.2 Å². The summed E-state index contributed by atoms with van der Waals surface area (Å²) in [7, 11) is -0.0778. The molecule has 0 radical (unpaired) electrons. The van der Waals surface area contributed by atoms with Crippen LogP contribution in [0.15, 0.2) is 21.6 Å². The number of rotatable bonds is 6. The Morgan fingerprint density at radius 2 is 1.72 bits per heavy atom. The van der Waals surface area contributed by atoms with Crippen LogP contribution in [0.1, 0.15) is 21.8 Å². The molecule has 136 valence electrons. The molecule has 0 saturated carbocycles. The first kappa shape index (κ1) is 18.6. The summed E-state index contributed by atoms with van der Waals surface area (Å²) in [6.45, 7) is 2.98. The summed E-state index contributed by atoms with van der Waals surface area (Å²) in [5.41, 5.74) is 0.144. The fourth-order valence-electron chi connectivity index (χ4n) is 2.30. The number of hydrogen-bond donors (Lipinski definition) is 1. The van der Waals surface area contributed by atoms with Crippen LogP contribution < -0.4 is 14.2 Å². The van der Waals surface area contributed by atoms with Gasteiger partial charge in [-0.05, 0) is 13.8 Å². The normalized spacial score (nSPS) is 11.1. The molecule has 0 bridgehead atoms. The molecule has 1 aromatic carbocycles. The highest BCUT2D eigenvalue weighted by Crippen LogP contribution is 2.35. The predicted octanol–water partition coefficient (Wildman–Crippen LogP) is 1.90. The van der Waals surface area contributed by atoms with Gasteiger partial charge in [0.2, 0.25) is 0 Å². The molecule has 25 heavy (non-hydrogen) atoms. The third-order valence-electron chi connectivity index (χ3n) is 3.41. The molecule has 1 aromatic heterocycles. The van der Waals surface area contributed by atoms with Gasteiger partial charge < -0.3 is 18.7 Å². The third-order valence-corrected chi connectivity index (χ3v) is 5.02. The van der Waals surface area contributed by atoms with E-state index in [-0.39, 0.29) is 39.1 Å². The molecule has 0 atom stereocenters. The number of aryl methyl sites for hydroxylation is 2. The topological polar surface area (TPSA) is 117 Å². The number of hydrogen-bond acceptors (Lipinski definition) is 8. The van der Waals surface area contributed by atoms with Crippen LogP contribution in [-0.2, 0) is 14.8 Å². The molecule has 9 nitrogen and oxygen atoms in total. The van der Waals surface area contributed by atoms with E-state index in [9.17, 15) is 13.2 Å². The standard InChI is InChI=1S/C15H18N2O7S/c1-8-14(9(2)24-16-8)25(19,20)17-11-7-13(22-4)12(21-3)6-10(11)15(18)23-5/h6-7,17H,1-5H3. The SMILES string of the molecule is COC(=O)c1cc(OC)c(OC)cc1NS(=O)(=O)c1c(C)noc1C. The van der Waals surface area contributed by atoms with Gasteiger partial charge >= 0.3 is 5.97 Å². The number of methoxy groups -OCH3 is 3. The van der Waals surface area contributed by atoms with Crippen molar-refractivity contribution in [2.24, 2.45) is 0 Å². The number of ether oxygens (including phenoxy) is 3. The number of benzene rings is 1. The van der Waals surface area contributed by atoms with E-state index in [1.165, 1.54) is 47.3 Å². The van der Waals surface area contributed by atoms with E-state index >= 15 is 0 Å². The van der Waals surface area contributed by atoms with Crippen molar-refractivity contribution in [1.82, 2.24) is 5.16 Å². The highest BCUT2D eigenvalue weighted by Gasteiger charge is 2.27. The lowest BCUT2D eigenvalue weighted by Gasteiger charge is -2.15. The van der Waals surface area contributed by atoms with Crippen molar-refractivity contribution in [2.45, 2.75) is 18.7 Å². The van der Waals surface area contributed by atoms with Crippen LogP contribution in [0, 0.1) is 13.8 Å². The number of nitrogens with one attached hydrogen (secondary N) is 1. The maximum atomic E-state index is 12.7. The number of carbonyl (C=O) groups is 1. The molecule has 1 N–H and O–H groups in total. The van der Waals surface area contributed by atoms with Crippen LogP contribution in [0.5, 0.6) is 11.5 Å². The highest BCUT2D eigenvalue weighted by atomic mass is 32.2.